The van der Waals surface area contributed by atoms with Crippen molar-refractivity contribution in [1.29, 1.82) is 0 Å². The van der Waals surface area contributed by atoms with Crippen LogP contribution in [-0.4, -0.2) is 63.3 Å². The van der Waals surface area contributed by atoms with Crippen LogP contribution in [-0.2, 0) is 19.6 Å². The monoisotopic (exact) mass is 342 g/mol. The highest BCUT2D eigenvalue weighted by molar-refractivity contribution is 7.89. The number of carbonyl (C=O) groups excluding carboxylic acids is 2. The van der Waals surface area contributed by atoms with E-state index in [4.69, 9.17) is 4.74 Å². The largest absolute Gasteiger partial charge is 0.452 e. The molecule has 0 atom stereocenters. The lowest BCUT2D eigenvalue weighted by atomic mass is 10.2. The van der Waals surface area contributed by atoms with Gasteiger partial charge in [-0.3, -0.25) is 4.79 Å². The van der Waals surface area contributed by atoms with Gasteiger partial charge in [-0.15, -0.1) is 0 Å². The number of hydrogen-bond acceptors (Lipinski definition) is 5. The minimum Gasteiger partial charge on any atom is -0.452 e. The van der Waals surface area contributed by atoms with E-state index in [2.05, 4.69) is 0 Å². The van der Waals surface area contributed by atoms with Crippen LogP contribution in [0.1, 0.15) is 24.2 Å². The molecule has 1 rings (SSSR count). The van der Waals surface area contributed by atoms with Gasteiger partial charge in [0.1, 0.15) is 0 Å². The van der Waals surface area contributed by atoms with Crippen molar-refractivity contribution in [2.24, 2.45) is 0 Å². The number of esters is 1. The summed E-state index contributed by atoms with van der Waals surface area (Å²) in [6.07, 6.45) is 0. The Hall–Kier alpha value is -1.93. The Morgan fingerprint density at radius 1 is 1.17 bits per heavy atom. The molecule has 1 aromatic rings. The molecule has 8 heteroatoms. The summed E-state index contributed by atoms with van der Waals surface area (Å²) in [6.45, 7) is 3.11. The molecule has 0 heterocycles. The molecule has 128 valence electrons. The number of carbonyl (C=O) groups is 2. The van der Waals surface area contributed by atoms with Gasteiger partial charge in [-0.05, 0) is 32.0 Å². The fourth-order valence-corrected chi connectivity index (χ4v) is 2.98. The van der Waals surface area contributed by atoms with Gasteiger partial charge in [-0.1, -0.05) is 6.07 Å². The molecule has 1 aromatic carbocycles. The summed E-state index contributed by atoms with van der Waals surface area (Å²) in [6, 6.07) is 5.35. The first-order valence-electron chi connectivity index (χ1n) is 7.02. The summed E-state index contributed by atoms with van der Waals surface area (Å²) in [5, 5.41) is 0. The van der Waals surface area contributed by atoms with Gasteiger partial charge in [-0.2, -0.15) is 4.31 Å². The van der Waals surface area contributed by atoms with Crippen molar-refractivity contribution in [1.82, 2.24) is 9.21 Å². The number of benzene rings is 1. The Balaban J connectivity index is 2.97. The number of nitrogens with zero attached hydrogens (tertiary/aromatic N) is 2. The third-order valence-electron chi connectivity index (χ3n) is 3.30. The summed E-state index contributed by atoms with van der Waals surface area (Å²) in [5.74, 6) is -1.11. The number of ether oxygens (including phenoxy) is 1. The van der Waals surface area contributed by atoms with Gasteiger partial charge in [0.25, 0.3) is 5.91 Å². The van der Waals surface area contributed by atoms with Crippen molar-refractivity contribution in [2.45, 2.75) is 24.8 Å². The first-order valence-corrected chi connectivity index (χ1v) is 8.46. The van der Waals surface area contributed by atoms with Crippen molar-refractivity contribution in [3.8, 4) is 0 Å². The van der Waals surface area contributed by atoms with Gasteiger partial charge < -0.3 is 9.64 Å². The number of amides is 1. The molecule has 0 unspecified atom stereocenters. The summed E-state index contributed by atoms with van der Waals surface area (Å²) in [4.78, 5) is 24.7. The zero-order valence-corrected chi connectivity index (χ0v) is 14.8. The van der Waals surface area contributed by atoms with E-state index >= 15 is 0 Å². The maximum atomic E-state index is 12.4. The first-order chi connectivity index (χ1) is 10.6. The molecular weight excluding hydrogens is 320 g/mol. The molecule has 0 saturated carbocycles. The Morgan fingerprint density at radius 3 is 2.30 bits per heavy atom. The Labute approximate surface area is 136 Å². The molecule has 0 aliphatic carbocycles. The lowest BCUT2D eigenvalue weighted by Gasteiger charge is -2.21. The van der Waals surface area contributed by atoms with Gasteiger partial charge in [0.15, 0.2) is 6.61 Å². The van der Waals surface area contributed by atoms with Crippen LogP contribution in [0.15, 0.2) is 29.2 Å². The predicted octanol–water partition coefficient (Wildman–Crippen LogP) is 0.961. The molecule has 0 fully saturated rings. The molecular formula is C15H22N2O5S. The topological polar surface area (TPSA) is 84.0 Å². The summed E-state index contributed by atoms with van der Waals surface area (Å²) >= 11 is 0. The minimum absolute atomic E-state index is 0.00193. The van der Waals surface area contributed by atoms with E-state index in [-0.39, 0.29) is 22.4 Å². The standard InChI is InChI=1S/C15H22N2O5S/c1-11(2)17(5)23(20,21)13-8-6-7-12(9-13)15(19)22-10-14(18)16(3)4/h6-9,11H,10H2,1-5H3. The van der Waals surface area contributed by atoms with Crippen LogP contribution < -0.4 is 0 Å². The fourth-order valence-electron chi connectivity index (χ4n) is 1.57. The van der Waals surface area contributed by atoms with Crippen LogP contribution in [0.3, 0.4) is 0 Å². The van der Waals surface area contributed by atoms with Gasteiger partial charge >= 0.3 is 5.97 Å². The maximum Gasteiger partial charge on any atom is 0.338 e. The highest BCUT2D eigenvalue weighted by Gasteiger charge is 2.24. The third-order valence-corrected chi connectivity index (χ3v) is 5.33. The second-order valence-corrected chi connectivity index (χ2v) is 7.50. The van der Waals surface area contributed by atoms with E-state index < -0.39 is 22.6 Å². The zero-order valence-electron chi connectivity index (χ0n) is 13.9. The normalized spacial score (nSPS) is 11.6. The van der Waals surface area contributed by atoms with Crippen molar-refractivity contribution in [3.05, 3.63) is 29.8 Å². The SMILES string of the molecule is CC(C)N(C)S(=O)(=O)c1cccc(C(=O)OCC(=O)N(C)C)c1. The summed E-state index contributed by atoms with van der Waals surface area (Å²) in [5.41, 5.74) is 0.0785. The highest BCUT2D eigenvalue weighted by Crippen LogP contribution is 2.18. The molecule has 0 saturated heterocycles. The van der Waals surface area contributed by atoms with Gasteiger partial charge in [0.05, 0.1) is 10.5 Å². The molecule has 0 bridgehead atoms. The molecule has 0 aromatic heterocycles. The Bertz CT molecular complexity index is 683. The van der Waals surface area contributed by atoms with Crippen molar-refractivity contribution in [3.63, 3.8) is 0 Å². The Kier molecular flexibility index (Phi) is 6.28. The van der Waals surface area contributed by atoms with Crippen LogP contribution in [0.4, 0.5) is 0 Å². The molecule has 0 spiro atoms. The number of likely N-dealkylation sites (N-methyl/N-ethyl adjacent to an activating group) is 1. The average Bonchev–Trinajstić information content (AvgIpc) is 2.51. The quantitative estimate of drug-likeness (QED) is 0.719. The second kappa shape index (κ2) is 7.56. The van der Waals surface area contributed by atoms with Crippen molar-refractivity contribution in [2.75, 3.05) is 27.7 Å². The molecule has 23 heavy (non-hydrogen) atoms. The molecule has 0 aliphatic heterocycles. The Morgan fingerprint density at radius 2 is 1.78 bits per heavy atom. The smallest absolute Gasteiger partial charge is 0.338 e. The van der Waals surface area contributed by atoms with E-state index in [9.17, 15) is 18.0 Å². The van der Waals surface area contributed by atoms with Crippen LogP contribution in [0.25, 0.3) is 0 Å². The van der Waals surface area contributed by atoms with Crippen LogP contribution in [0.2, 0.25) is 0 Å². The lowest BCUT2D eigenvalue weighted by Crippen LogP contribution is -2.33. The predicted molar refractivity (Wildman–Crippen MR) is 85.5 cm³/mol. The van der Waals surface area contributed by atoms with Gasteiger partial charge in [-0.25, -0.2) is 13.2 Å². The second-order valence-electron chi connectivity index (χ2n) is 5.51. The van der Waals surface area contributed by atoms with E-state index in [0.717, 1.165) is 0 Å². The average molecular weight is 342 g/mol. The third kappa shape index (κ3) is 4.77. The lowest BCUT2D eigenvalue weighted by molar-refractivity contribution is -0.131. The number of hydrogen-bond donors (Lipinski definition) is 0. The summed E-state index contributed by atoms with van der Waals surface area (Å²) in [7, 11) is 0.878. The summed E-state index contributed by atoms with van der Waals surface area (Å²) < 4.78 is 30.9. The molecule has 0 N–H and O–H groups in total. The van der Waals surface area contributed by atoms with E-state index in [0.29, 0.717) is 0 Å². The highest BCUT2D eigenvalue weighted by atomic mass is 32.2. The van der Waals surface area contributed by atoms with E-state index in [1.54, 1.807) is 27.9 Å². The van der Waals surface area contributed by atoms with Crippen molar-refractivity contribution >= 4 is 21.9 Å². The van der Waals surface area contributed by atoms with Gasteiger partial charge in [0, 0.05) is 27.2 Å². The fraction of sp³-hybridized carbons (Fsp3) is 0.467. The zero-order chi connectivity index (χ0) is 17.8. The van der Waals surface area contributed by atoms with Gasteiger partial charge in [0.2, 0.25) is 10.0 Å². The molecule has 0 aliphatic rings. The molecule has 7 nitrogen and oxygen atoms in total. The van der Waals surface area contributed by atoms with E-state index in [1.807, 2.05) is 0 Å². The van der Waals surface area contributed by atoms with Crippen LogP contribution in [0.5, 0.6) is 0 Å². The number of rotatable bonds is 6. The first kappa shape index (κ1) is 19.1. The molecule has 0 radical (unpaired) electrons. The number of sulfonamides is 1. The maximum absolute atomic E-state index is 12.4. The van der Waals surface area contributed by atoms with Crippen molar-refractivity contribution < 1.29 is 22.7 Å². The van der Waals surface area contributed by atoms with E-state index in [1.165, 1.54) is 40.5 Å². The van der Waals surface area contributed by atoms with Crippen LogP contribution in [0, 0.1) is 0 Å². The van der Waals surface area contributed by atoms with Crippen LogP contribution >= 0.6 is 0 Å². The molecule has 1 amide bonds. The minimum atomic E-state index is -3.69.